The Kier molecular flexibility index (Phi) is 3.79. The molecule has 0 fully saturated rings. The van der Waals surface area contributed by atoms with Crippen molar-refractivity contribution in [1.82, 2.24) is 9.78 Å². The summed E-state index contributed by atoms with van der Waals surface area (Å²) in [7, 11) is 0. The zero-order valence-corrected chi connectivity index (χ0v) is 10.4. The fraction of sp³-hybridized carbons (Fsp3) is 0.308. The van der Waals surface area contributed by atoms with Gasteiger partial charge in [-0.1, -0.05) is 13.3 Å². The summed E-state index contributed by atoms with van der Waals surface area (Å²) in [6.45, 7) is 2.11. The molecule has 0 saturated carbocycles. The largest absolute Gasteiger partial charge is 0.238 e. The molecule has 0 spiro atoms. The Bertz CT molecular complexity index is 491. The summed E-state index contributed by atoms with van der Waals surface area (Å²) in [5.74, 6) is 0.215. The molecule has 0 aliphatic carbocycles. The minimum absolute atomic E-state index is 0.240. The highest BCUT2D eigenvalue weighted by molar-refractivity contribution is 6.17. The molecule has 0 amide bonds. The van der Waals surface area contributed by atoms with Gasteiger partial charge in [-0.3, -0.25) is 0 Å². The van der Waals surface area contributed by atoms with Crippen LogP contribution in [0.25, 0.3) is 5.69 Å². The van der Waals surface area contributed by atoms with Crippen molar-refractivity contribution in [1.29, 1.82) is 0 Å². The summed E-state index contributed by atoms with van der Waals surface area (Å²) < 4.78 is 14.7. The van der Waals surface area contributed by atoms with Crippen molar-refractivity contribution in [3.8, 4) is 5.69 Å². The third kappa shape index (κ3) is 2.50. The average molecular weight is 253 g/mol. The zero-order chi connectivity index (χ0) is 12.3. The van der Waals surface area contributed by atoms with E-state index in [0.29, 0.717) is 5.88 Å². The van der Waals surface area contributed by atoms with Crippen molar-refractivity contribution < 1.29 is 4.39 Å². The van der Waals surface area contributed by atoms with Gasteiger partial charge < -0.3 is 0 Å². The van der Waals surface area contributed by atoms with Gasteiger partial charge in [0.05, 0.1) is 17.8 Å². The SMILES string of the molecule is CCCc1c(CCl)cnn1-c1ccc(F)cc1. The Morgan fingerprint density at radius 3 is 2.59 bits per heavy atom. The highest BCUT2D eigenvalue weighted by atomic mass is 35.5. The summed E-state index contributed by atoms with van der Waals surface area (Å²) in [5, 5.41) is 4.32. The minimum atomic E-state index is -0.240. The van der Waals surface area contributed by atoms with Crippen molar-refractivity contribution in [3.63, 3.8) is 0 Å². The fourth-order valence-electron chi connectivity index (χ4n) is 1.83. The van der Waals surface area contributed by atoms with Crippen molar-refractivity contribution in [2.24, 2.45) is 0 Å². The van der Waals surface area contributed by atoms with Crippen LogP contribution in [-0.4, -0.2) is 9.78 Å². The maximum atomic E-state index is 12.9. The molecule has 0 aliphatic heterocycles. The lowest BCUT2D eigenvalue weighted by Crippen LogP contribution is -2.03. The van der Waals surface area contributed by atoms with Gasteiger partial charge in [0, 0.05) is 11.3 Å². The molecule has 2 rings (SSSR count). The van der Waals surface area contributed by atoms with Gasteiger partial charge in [-0.2, -0.15) is 5.10 Å². The number of aromatic nitrogens is 2. The van der Waals surface area contributed by atoms with E-state index in [1.165, 1.54) is 12.1 Å². The van der Waals surface area contributed by atoms with Crippen LogP contribution >= 0.6 is 11.6 Å². The minimum Gasteiger partial charge on any atom is -0.238 e. The van der Waals surface area contributed by atoms with Crippen LogP contribution in [0.1, 0.15) is 24.6 Å². The first-order chi connectivity index (χ1) is 8.26. The molecule has 0 N–H and O–H groups in total. The first kappa shape index (κ1) is 12.1. The summed E-state index contributed by atoms with van der Waals surface area (Å²) in [5.41, 5.74) is 3.01. The van der Waals surface area contributed by atoms with E-state index >= 15 is 0 Å². The molecule has 0 atom stereocenters. The van der Waals surface area contributed by atoms with E-state index in [0.717, 1.165) is 29.8 Å². The van der Waals surface area contributed by atoms with E-state index in [9.17, 15) is 4.39 Å². The van der Waals surface area contributed by atoms with Gasteiger partial charge in [0.15, 0.2) is 0 Å². The second-order valence-electron chi connectivity index (χ2n) is 3.89. The number of hydrogen-bond donors (Lipinski definition) is 0. The maximum Gasteiger partial charge on any atom is 0.123 e. The van der Waals surface area contributed by atoms with Crippen molar-refractivity contribution in [2.45, 2.75) is 25.6 Å². The standard InChI is InChI=1S/C13H14ClFN2/c1-2-3-13-10(8-14)9-16-17(13)12-6-4-11(15)5-7-12/h4-7,9H,2-3,8H2,1H3. The molecule has 4 heteroatoms. The molecule has 90 valence electrons. The molecule has 0 radical (unpaired) electrons. The van der Waals surface area contributed by atoms with E-state index in [2.05, 4.69) is 12.0 Å². The summed E-state index contributed by atoms with van der Waals surface area (Å²) in [6, 6.07) is 6.32. The predicted octanol–water partition coefficient (Wildman–Crippen LogP) is 3.70. The van der Waals surface area contributed by atoms with Gasteiger partial charge in [0.25, 0.3) is 0 Å². The first-order valence-electron chi connectivity index (χ1n) is 5.64. The molecule has 1 aromatic heterocycles. The van der Waals surface area contributed by atoms with Crippen molar-refractivity contribution in [2.75, 3.05) is 0 Å². The molecule has 2 nitrogen and oxygen atoms in total. The van der Waals surface area contributed by atoms with Crippen LogP contribution in [0, 0.1) is 5.82 Å². The van der Waals surface area contributed by atoms with Gasteiger partial charge in [-0.05, 0) is 30.7 Å². The molecule has 0 aliphatic rings. The smallest absolute Gasteiger partial charge is 0.123 e. The number of nitrogens with zero attached hydrogens (tertiary/aromatic N) is 2. The van der Waals surface area contributed by atoms with Gasteiger partial charge in [-0.15, -0.1) is 11.6 Å². The van der Waals surface area contributed by atoms with E-state index in [-0.39, 0.29) is 5.82 Å². The number of rotatable bonds is 4. The van der Waals surface area contributed by atoms with Crippen LogP contribution in [0.15, 0.2) is 30.5 Å². The lowest BCUT2D eigenvalue weighted by molar-refractivity contribution is 0.626. The van der Waals surface area contributed by atoms with Crippen LogP contribution in [0.3, 0.4) is 0 Å². The topological polar surface area (TPSA) is 17.8 Å². The third-order valence-electron chi connectivity index (χ3n) is 2.66. The number of halogens is 2. The maximum absolute atomic E-state index is 12.9. The summed E-state index contributed by atoms with van der Waals surface area (Å²) in [4.78, 5) is 0. The molecule has 0 bridgehead atoms. The fourth-order valence-corrected chi connectivity index (χ4v) is 2.05. The Labute approximate surface area is 105 Å². The van der Waals surface area contributed by atoms with Crippen LogP contribution in [0.5, 0.6) is 0 Å². The quantitative estimate of drug-likeness (QED) is 0.759. The van der Waals surface area contributed by atoms with Gasteiger partial charge in [-0.25, -0.2) is 9.07 Å². The van der Waals surface area contributed by atoms with Crippen molar-refractivity contribution in [3.05, 3.63) is 47.5 Å². The lowest BCUT2D eigenvalue weighted by Gasteiger charge is -2.08. The van der Waals surface area contributed by atoms with Crippen LogP contribution < -0.4 is 0 Å². The molecule has 0 unspecified atom stereocenters. The molecule has 1 aromatic carbocycles. The molecule has 2 aromatic rings. The highest BCUT2D eigenvalue weighted by Crippen LogP contribution is 2.18. The lowest BCUT2D eigenvalue weighted by atomic mass is 10.2. The Balaban J connectivity index is 2.43. The predicted molar refractivity (Wildman–Crippen MR) is 67.1 cm³/mol. The monoisotopic (exact) mass is 252 g/mol. The Morgan fingerprint density at radius 2 is 2.00 bits per heavy atom. The van der Waals surface area contributed by atoms with E-state index < -0.39 is 0 Å². The Morgan fingerprint density at radius 1 is 1.29 bits per heavy atom. The highest BCUT2D eigenvalue weighted by Gasteiger charge is 2.10. The zero-order valence-electron chi connectivity index (χ0n) is 9.66. The average Bonchev–Trinajstić information content (AvgIpc) is 2.74. The van der Waals surface area contributed by atoms with Crippen LogP contribution in [-0.2, 0) is 12.3 Å². The molecular formula is C13H14ClFN2. The third-order valence-corrected chi connectivity index (χ3v) is 2.95. The summed E-state index contributed by atoms with van der Waals surface area (Å²) >= 11 is 5.88. The van der Waals surface area contributed by atoms with Crippen LogP contribution in [0.4, 0.5) is 4.39 Å². The van der Waals surface area contributed by atoms with E-state index in [1.54, 1.807) is 18.3 Å². The normalized spacial score (nSPS) is 10.8. The second kappa shape index (κ2) is 5.32. The molecule has 17 heavy (non-hydrogen) atoms. The van der Waals surface area contributed by atoms with Crippen LogP contribution in [0.2, 0.25) is 0 Å². The van der Waals surface area contributed by atoms with E-state index in [1.807, 2.05) is 4.68 Å². The van der Waals surface area contributed by atoms with Gasteiger partial charge in [0.1, 0.15) is 5.82 Å². The molecule has 0 saturated heterocycles. The molecular weight excluding hydrogens is 239 g/mol. The number of alkyl halides is 1. The second-order valence-corrected chi connectivity index (χ2v) is 4.16. The van der Waals surface area contributed by atoms with Gasteiger partial charge >= 0.3 is 0 Å². The number of hydrogen-bond acceptors (Lipinski definition) is 1. The van der Waals surface area contributed by atoms with Crippen molar-refractivity contribution >= 4 is 11.6 Å². The Hall–Kier alpha value is -1.35. The first-order valence-corrected chi connectivity index (χ1v) is 6.17. The number of benzene rings is 1. The van der Waals surface area contributed by atoms with Gasteiger partial charge in [0.2, 0.25) is 0 Å². The summed E-state index contributed by atoms with van der Waals surface area (Å²) in [6.07, 6.45) is 3.72. The van der Waals surface area contributed by atoms with E-state index in [4.69, 9.17) is 11.6 Å². The molecule has 1 heterocycles.